The molecule has 0 saturated carbocycles. The third kappa shape index (κ3) is 4.53. The smallest absolute Gasteiger partial charge is 0.314 e. The van der Waals surface area contributed by atoms with E-state index in [0.717, 1.165) is 29.9 Å². The van der Waals surface area contributed by atoms with E-state index in [-0.39, 0.29) is 0 Å². The molecule has 0 aliphatic carbocycles. The maximum atomic E-state index is 12.2. The second kappa shape index (κ2) is 8.38. The van der Waals surface area contributed by atoms with Crippen LogP contribution in [0.2, 0.25) is 0 Å². The van der Waals surface area contributed by atoms with Gasteiger partial charge in [-0.2, -0.15) is 0 Å². The standard InChI is InChI=1S/C20H26N4O2/c1-5-24(6-2)15-8-10-17(14(4)12-15)22-19(25)20(26)23-18-11-13(3)7-9-16(18)21/h7-12H,5-6,21H2,1-4H3,(H,22,25)(H,23,26). The Morgan fingerprint density at radius 3 is 2.12 bits per heavy atom. The molecule has 2 aromatic carbocycles. The van der Waals surface area contributed by atoms with Gasteiger partial charge in [0.2, 0.25) is 0 Å². The summed E-state index contributed by atoms with van der Waals surface area (Å²) in [4.78, 5) is 26.6. The molecular weight excluding hydrogens is 328 g/mol. The Labute approximate surface area is 154 Å². The van der Waals surface area contributed by atoms with Crippen molar-refractivity contribution in [2.24, 2.45) is 0 Å². The van der Waals surface area contributed by atoms with Gasteiger partial charge in [0, 0.05) is 24.5 Å². The minimum atomic E-state index is -0.755. The van der Waals surface area contributed by atoms with Crippen LogP contribution in [0.4, 0.5) is 22.7 Å². The van der Waals surface area contributed by atoms with Crippen molar-refractivity contribution in [3.63, 3.8) is 0 Å². The summed E-state index contributed by atoms with van der Waals surface area (Å²) in [5.41, 5.74) is 10.2. The van der Waals surface area contributed by atoms with E-state index in [9.17, 15) is 9.59 Å². The van der Waals surface area contributed by atoms with Crippen LogP contribution in [0.1, 0.15) is 25.0 Å². The molecule has 0 saturated heterocycles. The van der Waals surface area contributed by atoms with Crippen LogP contribution in [0.3, 0.4) is 0 Å². The van der Waals surface area contributed by atoms with Crippen molar-refractivity contribution in [1.82, 2.24) is 0 Å². The maximum absolute atomic E-state index is 12.2. The summed E-state index contributed by atoms with van der Waals surface area (Å²) in [5, 5.41) is 5.21. The van der Waals surface area contributed by atoms with E-state index >= 15 is 0 Å². The minimum Gasteiger partial charge on any atom is -0.397 e. The number of aryl methyl sites for hydroxylation is 2. The zero-order valence-electron chi connectivity index (χ0n) is 15.7. The monoisotopic (exact) mass is 354 g/mol. The molecule has 2 aromatic rings. The number of nitrogens with zero attached hydrogens (tertiary/aromatic N) is 1. The fourth-order valence-corrected chi connectivity index (χ4v) is 2.71. The highest BCUT2D eigenvalue weighted by Gasteiger charge is 2.16. The van der Waals surface area contributed by atoms with E-state index in [0.29, 0.717) is 17.1 Å². The maximum Gasteiger partial charge on any atom is 0.314 e. The molecule has 0 atom stereocenters. The van der Waals surface area contributed by atoms with Crippen molar-refractivity contribution in [1.29, 1.82) is 0 Å². The van der Waals surface area contributed by atoms with E-state index < -0.39 is 11.8 Å². The van der Waals surface area contributed by atoms with Gasteiger partial charge in [-0.05, 0) is 69.2 Å². The van der Waals surface area contributed by atoms with Crippen LogP contribution in [-0.4, -0.2) is 24.9 Å². The van der Waals surface area contributed by atoms with Crippen LogP contribution in [0, 0.1) is 13.8 Å². The minimum absolute atomic E-state index is 0.413. The molecule has 26 heavy (non-hydrogen) atoms. The third-order valence-corrected chi connectivity index (χ3v) is 4.25. The van der Waals surface area contributed by atoms with Crippen LogP contribution in [-0.2, 0) is 9.59 Å². The lowest BCUT2D eigenvalue weighted by atomic mass is 10.1. The first-order valence-electron chi connectivity index (χ1n) is 8.69. The molecule has 0 unspecified atom stereocenters. The number of rotatable bonds is 5. The highest BCUT2D eigenvalue weighted by Crippen LogP contribution is 2.23. The summed E-state index contributed by atoms with van der Waals surface area (Å²) >= 11 is 0. The Morgan fingerprint density at radius 1 is 0.923 bits per heavy atom. The molecular formula is C20H26N4O2. The molecule has 4 N–H and O–H groups in total. The van der Waals surface area contributed by atoms with Gasteiger partial charge in [-0.1, -0.05) is 6.07 Å². The van der Waals surface area contributed by atoms with Gasteiger partial charge in [-0.25, -0.2) is 0 Å². The lowest BCUT2D eigenvalue weighted by molar-refractivity contribution is -0.132. The van der Waals surface area contributed by atoms with Crippen LogP contribution < -0.4 is 21.3 Å². The molecule has 2 rings (SSSR count). The molecule has 0 fully saturated rings. The van der Waals surface area contributed by atoms with Crippen molar-refractivity contribution < 1.29 is 9.59 Å². The number of carbonyl (C=O) groups is 2. The molecule has 0 aromatic heterocycles. The number of hydrogen-bond donors (Lipinski definition) is 3. The molecule has 138 valence electrons. The molecule has 0 bridgehead atoms. The molecule has 0 spiro atoms. The van der Waals surface area contributed by atoms with E-state index in [1.54, 1.807) is 12.1 Å². The van der Waals surface area contributed by atoms with Gasteiger partial charge in [0.25, 0.3) is 0 Å². The topological polar surface area (TPSA) is 87.5 Å². The summed E-state index contributed by atoms with van der Waals surface area (Å²) in [6, 6.07) is 11.0. The largest absolute Gasteiger partial charge is 0.397 e. The van der Waals surface area contributed by atoms with E-state index in [1.165, 1.54) is 0 Å². The molecule has 0 radical (unpaired) electrons. The molecule has 0 aliphatic heterocycles. The SMILES string of the molecule is CCN(CC)c1ccc(NC(=O)C(=O)Nc2cc(C)ccc2N)c(C)c1. The van der Waals surface area contributed by atoms with Crippen LogP contribution in [0.5, 0.6) is 0 Å². The molecule has 6 nitrogen and oxygen atoms in total. The summed E-state index contributed by atoms with van der Waals surface area (Å²) in [6.45, 7) is 9.78. The van der Waals surface area contributed by atoms with E-state index in [4.69, 9.17) is 5.73 Å². The van der Waals surface area contributed by atoms with E-state index in [1.807, 2.05) is 38.1 Å². The summed E-state index contributed by atoms with van der Waals surface area (Å²) in [7, 11) is 0. The Morgan fingerprint density at radius 2 is 1.54 bits per heavy atom. The second-order valence-electron chi connectivity index (χ2n) is 6.17. The fourth-order valence-electron chi connectivity index (χ4n) is 2.71. The lowest BCUT2D eigenvalue weighted by Gasteiger charge is -2.22. The fraction of sp³-hybridized carbons (Fsp3) is 0.300. The molecule has 6 heteroatoms. The number of nitrogen functional groups attached to an aromatic ring is 1. The van der Waals surface area contributed by atoms with Crippen molar-refractivity contribution >= 4 is 34.6 Å². The predicted octanol–water partition coefficient (Wildman–Crippen LogP) is 3.31. The average molecular weight is 354 g/mol. The first-order valence-corrected chi connectivity index (χ1v) is 8.69. The van der Waals surface area contributed by atoms with Gasteiger partial charge in [0.1, 0.15) is 0 Å². The number of amides is 2. The van der Waals surface area contributed by atoms with Crippen LogP contribution in [0.15, 0.2) is 36.4 Å². The summed E-state index contributed by atoms with van der Waals surface area (Å²) in [5.74, 6) is -1.49. The van der Waals surface area contributed by atoms with E-state index in [2.05, 4.69) is 29.4 Å². The first-order chi connectivity index (χ1) is 12.3. The second-order valence-corrected chi connectivity index (χ2v) is 6.17. The van der Waals surface area contributed by atoms with Gasteiger partial charge in [-0.15, -0.1) is 0 Å². The lowest BCUT2D eigenvalue weighted by Crippen LogP contribution is -2.29. The van der Waals surface area contributed by atoms with Gasteiger partial charge in [0.15, 0.2) is 0 Å². The highest BCUT2D eigenvalue weighted by molar-refractivity contribution is 6.44. The zero-order chi connectivity index (χ0) is 19.3. The van der Waals surface area contributed by atoms with Crippen molar-refractivity contribution in [2.75, 3.05) is 34.4 Å². The summed E-state index contributed by atoms with van der Waals surface area (Å²) in [6.07, 6.45) is 0. The third-order valence-electron chi connectivity index (χ3n) is 4.25. The van der Waals surface area contributed by atoms with Crippen molar-refractivity contribution in [3.8, 4) is 0 Å². The normalized spacial score (nSPS) is 10.3. The number of anilines is 4. The summed E-state index contributed by atoms with van der Waals surface area (Å²) < 4.78 is 0. The van der Waals surface area contributed by atoms with Crippen molar-refractivity contribution in [3.05, 3.63) is 47.5 Å². The number of nitrogens with two attached hydrogens (primary N) is 1. The van der Waals surface area contributed by atoms with Gasteiger partial charge in [0.05, 0.1) is 11.4 Å². The Bertz CT molecular complexity index is 813. The average Bonchev–Trinajstić information content (AvgIpc) is 2.61. The predicted molar refractivity (Wildman–Crippen MR) is 108 cm³/mol. The van der Waals surface area contributed by atoms with Crippen LogP contribution >= 0.6 is 0 Å². The molecule has 0 heterocycles. The highest BCUT2D eigenvalue weighted by atomic mass is 16.2. The first kappa shape index (κ1) is 19.3. The molecule has 2 amide bonds. The van der Waals surface area contributed by atoms with Gasteiger partial charge < -0.3 is 21.3 Å². The number of hydrogen-bond acceptors (Lipinski definition) is 4. The Balaban J connectivity index is 2.09. The quantitative estimate of drug-likeness (QED) is 0.568. The Hall–Kier alpha value is -3.02. The van der Waals surface area contributed by atoms with Gasteiger partial charge >= 0.3 is 11.8 Å². The van der Waals surface area contributed by atoms with Gasteiger partial charge in [-0.3, -0.25) is 9.59 Å². The Kier molecular flexibility index (Phi) is 6.22. The molecule has 0 aliphatic rings. The van der Waals surface area contributed by atoms with Crippen LogP contribution in [0.25, 0.3) is 0 Å². The number of carbonyl (C=O) groups excluding carboxylic acids is 2. The number of nitrogens with one attached hydrogen (secondary N) is 2. The number of benzene rings is 2. The van der Waals surface area contributed by atoms with Crippen molar-refractivity contribution in [2.45, 2.75) is 27.7 Å². The zero-order valence-corrected chi connectivity index (χ0v) is 15.7.